The van der Waals surface area contributed by atoms with Gasteiger partial charge >= 0.3 is 5.69 Å². The van der Waals surface area contributed by atoms with Crippen LogP contribution in [0.1, 0.15) is 16.0 Å². The Kier molecular flexibility index (Phi) is 3.87. The summed E-state index contributed by atoms with van der Waals surface area (Å²) >= 11 is 9.60. The van der Waals surface area contributed by atoms with Crippen LogP contribution in [0, 0.1) is 5.82 Å². The van der Waals surface area contributed by atoms with Gasteiger partial charge in [-0.15, -0.1) is 0 Å². The summed E-state index contributed by atoms with van der Waals surface area (Å²) in [6.45, 7) is 0. The molecule has 1 heterocycles. The number of alkyl halides is 1. The molecule has 1 unspecified atom stereocenters. The summed E-state index contributed by atoms with van der Waals surface area (Å²) in [4.78, 5) is 16.6. The van der Waals surface area contributed by atoms with Crippen molar-refractivity contribution in [3.63, 3.8) is 0 Å². The Morgan fingerprint density at radius 2 is 1.95 bits per heavy atom. The topological polar surface area (TPSA) is 48.6 Å². The first-order chi connectivity index (χ1) is 10.0. The van der Waals surface area contributed by atoms with Gasteiger partial charge in [0.2, 0.25) is 0 Å². The van der Waals surface area contributed by atoms with Gasteiger partial charge in [-0.25, -0.2) is 9.18 Å². The van der Waals surface area contributed by atoms with Gasteiger partial charge in [0.25, 0.3) is 0 Å². The maximum Gasteiger partial charge on any atom is 0.323 e. The molecule has 1 atom stereocenters. The molecule has 3 rings (SSSR count). The van der Waals surface area contributed by atoms with Crippen molar-refractivity contribution in [2.75, 3.05) is 0 Å². The third kappa shape index (κ3) is 2.89. The van der Waals surface area contributed by atoms with Gasteiger partial charge < -0.3 is 9.97 Å². The summed E-state index contributed by atoms with van der Waals surface area (Å²) in [6.07, 6.45) is 0.422. The van der Waals surface area contributed by atoms with E-state index in [9.17, 15) is 9.18 Å². The van der Waals surface area contributed by atoms with Crippen molar-refractivity contribution in [1.82, 2.24) is 9.97 Å². The molecule has 0 radical (unpaired) electrons. The van der Waals surface area contributed by atoms with Gasteiger partial charge in [0.15, 0.2) is 0 Å². The first kappa shape index (κ1) is 14.4. The molecule has 108 valence electrons. The highest BCUT2D eigenvalue weighted by Gasteiger charge is 2.15. The van der Waals surface area contributed by atoms with E-state index in [0.29, 0.717) is 17.0 Å². The Balaban J connectivity index is 1.93. The van der Waals surface area contributed by atoms with Crippen LogP contribution in [-0.2, 0) is 6.42 Å². The molecule has 0 aliphatic heterocycles. The normalized spacial score (nSPS) is 12.7. The Morgan fingerprint density at radius 1 is 1.19 bits per heavy atom. The molecule has 0 aliphatic rings. The van der Waals surface area contributed by atoms with Gasteiger partial charge in [-0.05, 0) is 36.2 Å². The second-order valence-electron chi connectivity index (χ2n) is 4.76. The lowest BCUT2D eigenvalue weighted by Crippen LogP contribution is -1.99. The lowest BCUT2D eigenvalue weighted by Gasteiger charge is -2.12. The van der Waals surface area contributed by atoms with Crippen molar-refractivity contribution >= 4 is 38.6 Å². The standard InChI is InChI=1S/C15H11BrClFN2O/c16-10(7-9-11(17)2-1-3-12(9)18)8-4-5-13-14(6-8)20-15(21)19-13/h1-6,10H,7H2,(H2,19,20,21). The first-order valence-electron chi connectivity index (χ1n) is 6.33. The van der Waals surface area contributed by atoms with Crippen molar-refractivity contribution in [2.45, 2.75) is 11.2 Å². The number of imidazole rings is 1. The van der Waals surface area contributed by atoms with E-state index in [1.54, 1.807) is 12.1 Å². The van der Waals surface area contributed by atoms with E-state index < -0.39 is 0 Å². The highest BCUT2D eigenvalue weighted by molar-refractivity contribution is 9.09. The van der Waals surface area contributed by atoms with Gasteiger partial charge in [-0.1, -0.05) is 39.7 Å². The fourth-order valence-corrected chi connectivity index (χ4v) is 3.12. The van der Waals surface area contributed by atoms with Gasteiger partial charge in [0, 0.05) is 15.4 Å². The third-order valence-electron chi connectivity index (χ3n) is 3.35. The predicted molar refractivity (Wildman–Crippen MR) is 85.7 cm³/mol. The second-order valence-corrected chi connectivity index (χ2v) is 6.27. The summed E-state index contributed by atoms with van der Waals surface area (Å²) in [5, 5.41) is 0.413. The molecule has 3 aromatic rings. The molecular weight excluding hydrogens is 359 g/mol. The van der Waals surface area contributed by atoms with E-state index in [1.165, 1.54) is 6.07 Å². The van der Waals surface area contributed by atoms with E-state index in [2.05, 4.69) is 25.9 Å². The number of fused-ring (bicyclic) bond motifs is 1. The Morgan fingerprint density at radius 3 is 2.71 bits per heavy atom. The fraction of sp³-hybridized carbons (Fsp3) is 0.133. The van der Waals surface area contributed by atoms with Crippen LogP contribution in [0.15, 0.2) is 41.2 Å². The number of benzene rings is 2. The molecule has 0 spiro atoms. The number of nitrogens with one attached hydrogen (secondary N) is 2. The number of aromatic amines is 2. The van der Waals surface area contributed by atoms with Crippen LogP contribution >= 0.6 is 27.5 Å². The molecule has 0 bridgehead atoms. The zero-order valence-electron chi connectivity index (χ0n) is 10.8. The van der Waals surface area contributed by atoms with E-state index in [-0.39, 0.29) is 16.3 Å². The van der Waals surface area contributed by atoms with Gasteiger partial charge in [0.1, 0.15) is 5.82 Å². The number of halogens is 3. The number of hydrogen-bond donors (Lipinski definition) is 2. The van der Waals surface area contributed by atoms with Crippen LogP contribution in [0.3, 0.4) is 0 Å². The maximum absolute atomic E-state index is 13.8. The molecule has 0 aliphatic carbocycles. The van der Waals surface area contributed by atoms with E-state index in [4.69, 9.17) is 11.6 Å². The minimum absolute atomic E-state index is 0.102. The van der Waals surface area contributed by atoms with Crippen molar-refractivity contribution in [3.8, 4) is 0 Å². The zero-order valence-corrected chi connectivity index (χ0v) is 13.1. The Bertz CT molecular complexity index is 838. The molecule has 0 saturated heterocycles. The molecule has 0 amide bonds. The van der Waals surface area contributed by atoms with Crippen LogP contribution in [0.2, 0.25) is 5.02 Å². The maximum atomic E-state index is 13.8. The summed E-state index contributed by atoms with van der Waals surface area (Å²) in [7, 11) is 0. The minimum atomic E-state index is -0.317. The SMILES string of the molecule is O=c1[nH]c2ccc(C(Br)Cc3c(F)cccc3Cl)cc2[nH]1. The average Bonchev–Trinajstić information content (AvgIpc) is 2.81. The number of H-pyrrole nitrogens is 2. The lowest BCUT2D eigenvalue weighted by atomic mass is 10.0. The zero-order chi connectivity index (χ0) is 15.0. The molecule has 1 aromatic heterocycles. The average molecular weight is 370 g/mol. The van der Waals surface area contributed by atoms with Crippen LogP contribution < -0.4 is 5.69 Å². The molecule has 3 nitrogen and oxygen atoms in total. The number of hydrogen-bond acceptors (Lipinski definition) is 1. The number of rotatable bonds is 3. The van der Waals surface area contributed by atoms with Crippen LogP contribution in [0.4, 0.5) is 4.39 Å². The highest BCUT2D eigenvalue weighted by atomic mass is 79.9. The monoisotopic (exact) mass is 368 g/mol. The van der Waals surface area contributed by atoms with Crippen LogP contribution in [0.5, 0.6) is 0 Å². The Labute approximate surface area is 133 Å². The van der Waals surface area contributed by atoms with Crippen molar-refractivity contribution in [3.05, 3.63) is 68.8 Å². The van der Waals surface area contributed by atoms with Crippen molar-refractivity contribution in [1.29, 1.82) is 0 Å². The van der Waals surface area contributed by atoms with Crippen LogP contribution in [-0.4, -0.2) is 9.97 Å². The largest absolute Gasteiger partial charge is 0.323 e. The van der Waals surface area contributed by atoms with Crippen molar-refractivity contribution in [2.24, 2.45) is 0 Å². The summed E-state index contributed by atoms with van der Waals surface area (Å²) in [6, 6.07) is 10.2. The van der Waals surface area contributed by atoms with Gasteiger partial charge in [-0.3, -0.25) is 0 Å². The lowest BCUT2D eigenvalue weighted by molar-refractivity contribution is 0.608. The molecule has 0 saturated carbocycles. The third-order valence-corrected chi connectivity index (χ3v) is 4.55. The molecule has 2 N–H and O–H groups in total. The second kappa shape index (κ2) is 5.66. The first-order valence-corrected chi connectivity index (χ1v) is 7.63. The fourth-order valence-electron chi connectivity index (χ4n) is 2.27. The van der Waals surface area contributed by atoms with E-state index in [1.807, 2.05) is 18.2 Å². The molecule has 2 aromatic carbocycles. The van der Waals surface area contributed by atoms with Gasteiger partial charge in [-0.2, -0.15) is 0 Å². The van der Waals surface area contributed by atoms with E-state index >= 15 is 0 Å². The molecule has 6 heteroatoms. The van der Waals surface area contributed by atoms with Crippen molar-refractivity contribution < 1.29 is 4.39 Å². The van der Waals surface area contributed by atoms with Crippen LogP contribution in [0.25, 0.3) is 11.0 Å². The van der Waals surface area contributed by atoms with Gasteiger partial charge in [0.05, 0.1) is 11.0 Å². The smallest absolute Gasteiger partial charge is 0.306 e. The predicted octanol–water partition coefficient (Wildman–Crippen LogP) is 4.33. The summed E-state index contributed by atoms with van der Waals surface area (Å²) < 4.78 is 13.8. The summed E-state index contributed by atoms with van der Waals surface area (Å²) in [5.41, 5.74) is 2.64. The number of aromatic nitrogens is 2. The van der Waals surface area contributed by atoms with E-state index in [0.717, 1.165) is 16.6 Å². The quantitative estimate of drug-likeness (QED) is 0.663. The minimum Gasteiger partial charge on any atom is -0.306 e. The molecule has 0 fully saturated rings. The highest BCUT2D eigenvalue weighted by Crippen LogP contribution is 2.32. The molecular formula is C15H11BrClFN2O. The molecule has 21 heavy (non-hydrogen) atoms. The summed E-state index contributed by atoms with van der Waals surface area (Å²) in [5.74, 6) is -0.317. The Hall–Kier alpha value is -1.59.